The lowest BCUT2D eigenvalue weighted by molar-refractivity contribution is -0.0376. The molecule has 114 valence electrons. The van der Waals surface area contributed by atoms with Crippen molar-refractivity contribution >= 4 is 0 Å². The monoisotopic (exact) mass is 314 g/mol. The fourth-order valence-electron chi connectivity index (χ4n) is 1.87. The van der Waals surface area contributed by atoms with Gasteiger partial charge in [0.25, 0.3) is 0 Å². The number of aliphatic hydroxyl groups is 2. The van der Waals surface area contributed by atoms with Gasteiger partial charge in [0.1, 0.15) is 0 Å². The van der Waals surface area contributed by atoms with Crippen LogP contribution in [-0.2, 0) is 5.60 Å². The second kappa shape index (κ2) is 4.76. The first-order chi connectivity index (χ1) is 9.63. The van der Waals surface area contributed by atoms with Crippen molar-refractivity contribution < 1.29 is 40.9 Å². The Labute approximate surface area is 112 Å². The molecule has 2 unspecified atom stereocenters. The second-order valence-corrected chi connectivity index (χ2v) is 4.18. The molecule has 2 nitrogen and oxygen atoms in total. The van der Waals surface area contributed by atoms with Gasteiger partial charge < -0.3 is 10.2 Å². The standard InChI is InChI=1S/C12H5F7O2/c13-4-2-1-3(5(14)6(4)15)12(21)10(18)8(17)7(16)9(20)11(12)19/h1-2,11,20-21H. The summed E-state index contributed by atoms with van der Waals surface area (Å²) in [4.78, 5) is 0. The molecule has 0 heterocycles. The molecule has 1 aromatic rings. The highest BCUT2D eigenvalue weighted by atomic mass is 19.2. The number of aliphatic hydroxyl groups excluding tert-OH is 1. The van der Waals surface area contributed by atoms with Crippen LogP contribution in [0, 0.1) is 17.5 Å². The normalized spacial score (nSPS) is 26.6. The maximum atomic E-state index is 13.8. The minimum Gasteiger partial charge on any atom is -0.506 e. The maximum absolute atomic E-state index is 13.8. The van der Waals surface area contributed by atoms with Crippen LogP contribution >= 0.6 is 0 Å². The van der Waals surface area contributed by atoms with Gasteiger partial charge in [-0.1, -0.05) is 0 Å². The van der Waals surface area contributed by atoms with Crippen molar-refractivity contribution in [3.8, 4) is 0 Å². The lowest BCUT2D eigenvalue weighted by Gasteiger charge is -2.33. The van der Waals surface area contributed by atoms with Gasteiger partial charge in [0.05, 0.1) is 0 Å². The zero-order valence-electron chi connectivity index (χ0n) is 9.77. The van der Waals surface area contributed by atoms with Gasteiger partial charge in [0.2, 0.25) is 5.83 Å². The van der Waals surface area contributed by atoms with Gasteiger partial charge in [-0.25, -0.2) is 26.3 Å². The molecule has 0 fully saturated rings. The molecular formula is C12H5F7O2. The Hall–Kier alpha value is -2.03. The summed E-state index contributed by atoms with van der Waals surface area (Å²) in [6.07, 6.45) is -3.36. The largest absolute Gasteiger partial charge is 0.506 e. The molecule has 0 saturated heterocycles. The van der Waals surface area contributed by atoms with E-state index in [-0.39, 0.29) is 12.1 Å². The Balaban J connectivity index is 2.76. The quantitative estimate of drug-likeness (QED) is 0.615. The number of benzene rings is 1. The molecule has 0 bridgehead atoms. The Morgan fingerprint density at radius 3 is 2.05 bits per heavy atom. The van der Waals surface area contributed by atoms with Crippen molar-refractivity contribution in [2.24, 2.45) is 0 Å². The van der Waals surface area contributed by atoms with Crippen molar-refractivity contribution in [3.63, 3.8) is 0 Å². The average molecular weight is 314 g/mol. The Bertz CT molecular complexity index is 682. The third-order valence-electron chi connectivity index (χ3n) is 3.00. The second-order valence-electron chi connectivity index (χ2n) is 4.18. The van der Waals surface area contributed by atoms with Crippen molar-refractivity contribution in [1.82, 2.24) is 0 Å². The van der Waals surface area contributed by atoms with E-state index >= 15 is 0 Å². The molecule has 21 heavy (non-hydrogen) atoms. The van der Waals surface area contributed by atoms with E-state index < -0.39 is 58.0 Å². The molecule has 1 aliphatic carbocycles. The minimum absolute atomic E-state index is 0.218. The average Bonchev–Trinajstić information content (AvgIpc) is 2.47. The summed E-state index contributed by atoms with van der Waals surface area (Å²) in [6, 6.07) is 0.457. The Morgan fingerprint density at radius 2 is 1.48 bits per heavy atom. The minimum atomic E-state index is -3.87. The highest BCUT2D eigenvalue weighted by molar-refractivity contribution is 5.45. The molecule has 2 rings (SSSR count). The lowest BCUT2D eigenvalue weighted by atomic mass is 9.82. The summed E-state index contributed by atoms with van der Waals surface area (Å²) in [6.45, 7) is 0. The van der Waals surface area contributed by atoms with Crippen molar-refractivity contribution in [2.45, 2.75) is 11.8 Å². The first-order valence-corrected chi connectivity index (χ1v) is 5.29. The summed E-state index contributed by atoms with van der Waals surface area (Å²) in [5.74, 6) is -15.5. The molecule has 0 aromatic heterocycles. The van der Waals surface area contributed by atoms with E-state index in [1.165, 1.54) is 0 Å². The molecule has 0 spiro atoms. The van der Waals surface area contributed by atoms with Crippen LogP contribution in [0.5, 0.6) is 0 Å². The number of halogens is 7. The van der Waals surface area contributed by atoms with Crippen LogP contribution in [0.4, 0.5) is 30.7 Å². The molecular weight excluding hydrogens is 309 g/mol. The van der Waals surface area contributed by atoms with Crippen LogP contribution in [0.1, 0.15) is 5.56 Å². The van der Waals surface area contributed by atoms with Gasteiger partial charge in [-0.15, -0.1) is 0 Å². The zero-order chi connectivity index (χ0) is 16.1. The van der Waals surface area contributed by atoms with Crippen LogP contribution in [-0.4, -0.2) is 16.4 Å². The number of alkyl halides is 1. The van der Waals surface area contributed by atoms with E-state index in [1.54, 1.807) is 0 Å². The molecule has 1 aliphatic rings. The third kappa shape index (κ3) is 1.91. The third-order valence-corrected chi connectivity index (χ3v) is 3.00. The van der Waals surface area contributed by atoms with Crippen molar-refractivity contribution in [3.05, 3.63) is 58.4 Å². The summed E-state index contributed by atoms with van der Waals surface area (Å²) in [5.41, 5.74) is -5.41. The molecule has 2 N–H and O–H groups in total. The van der Waals surface area contributed by atoms with E-state index in [4.69, 9.17) is 5.11 Å². The summed E-state index contributed by atoms with van der Waals surface area (Å²) in [7, 11) is 0. The Morgan fingerprint density at radius 1 is 0.905 bits per heavy atom. The summed E-state index contributed by atoms with van der Waals surface area (Å²) < 4.78 is 92.9. The molecule has 9 heteroatoms. The fraction of sp³-hybridized carbons (Fsp3) is 0.167. The molecule has 0 saturated carbocycles. The van der Waals surface area contributed by atoms with Gasteiger partial charge in [0, 0.05) is 5.56 Å². The lowest BCUT2D eigenvalue weighted by Crippen LogP contribution is -2.43. The van der Waals surface area contributed by atoms with E-state index in [0.29, 0.717) is 0 Å². The van der Waals surface area contributed by atoms with Gasteiger partial charge >= 0.3 is 0 Å². The SMILES string of the molecule is OC1=C(F)C(F)=C(F)C(O)(c2ccc(F)c(F)c2F)C1F. The molecule has 1 aromatic carbocycles. The summed E-state index contributed by atoms with van der Waals surface area (Å²) >= 11 is 0. The van der Waals surface area contributed by atoms with Crippen molar-refractivity contribution in [2.75, 3.05) is 0 Å². The van der Waals surface area contributed by atoms with Crippen molar-refractivity contribution in [1.29, 1.82) is 0 Å². The molecule has 0 radical (unpaired) electrons. The molecule has 2 atom stereocenters. The first kappa shape index (κ1) is 15.4. The van der Waals surface area contributed by atoms with E-state index in [9.17, 15) is 35.8 Å². The van der Waals surface area contributed by atoms with E-state index in [0.717, 1.165) is 0 Å². The van der Waals surface area contributed by atoms with E-state index in [2.05, 4.69) is 0 Å². The molecule has 0 aliphatic heterocycles. The highest BCUT2D eigenvalue weighted by Gasteiger charge is 2.54. The number of hydrogen-bond acceptors (Lipinski definition) is 2. The number of hydrogen-bond donors (Lipinski definition) is 2. The predicted octanol–water partition coefficient (Wildman–Crippen LogP) is 3.53. The van der Waals surface area contributed by atoms with Crippen LogP contribution in [0.3, 0.4) is 0 Å². The van der Waals surface area contributed by atoms with Crippen LogP contribution in [0.2, 0.25) is 0 Å². The maximum Gasteiger partial charge on any atom is 0.202 e. The highest BCUT2D eigenvalue weighted by Crippen LogP contribution is 2.47. The van der Waals surface area contributed by atoms with Crippen LogP contribution in [0.25, 0.3) is 0 Å². The fourth-order valence-corrected chi connectivity index (χ4v) is 1.87. The zero-order valence-corrected chi connectivity index (χ0v) is 9.77. The van der Waals surface area contributed by atoms with Crippen LogP contribution in [0.15, 0.2) is 35.4 Å². The Kier molecular flexibility index (Phi) is 3.48. The van der Waals surface area contributed by atoms with E-state index in [1.807, 2.05) is 0 Å². The first-order valence-electron chi connectivity index (χ1n) is 5.29. The summed E-state index contributed by atoms with van der Waals surface area (Å²) in [5, 5.41) is 18.8. The smallest absolute Gasteiger partial charge is 0.202 e. The van der Waals surface area contributed by atoms with Gasteiger partial charge in [0.15, 0.2) is 46.6 Å². The van der Waals surface area contributed by atoms with Gasteiger partial charge in [-0.05, 0) is 12.1 Å². The predicted molar refractivity (Wildman–Crippen MR) is 55.1 cm³/mol. The molecule has 0 amide bonds. The van der Waals surface area contributed by atoms with Crippen LogP contribution < -0.4 is 0 Å². The number of allylic oxidation sites excluding steroid dienone is 2. The van der Waals surface area contributed by atoms with Gasteiger partial charge in [-0.3, -0.25) is 0 Å². The number of rotatable bonds is 1. The van der Waals surface area contributed by atoms with Gasteiger partial charge in [-0.2, -0.15) is 4.39 Å². The topological polar surface area (TPSA) is 40.5 Å².